The number of H-pyrrole nitrogens is 1. The summed E-state index contributed by atoms with van der Waals surface area (Å²) in [5.41, 5.74) is 1.43. The Hall–Kier alpha value is -0.880. The Bertz CT molecular complexity index is 515. The van der Waals surface area contributed by atoms with Gasteiger partial charge in [-0.15, -0.1) is 0 Å². The molecule has 2 aliphatic rings. The fourth-order valence-electron chi connectivity index (χ4n) is 3.56. The van der Waals surface area contributed by atoms with Crippen molar-refractivity contribution in [3.05, 3.63) is 15.9 Å². The Morgan fingerprint density at radius 2 is 2.00 bits per heavy atom. The van der Waals surface area contributed by atoms with Crippen LogP contribution in [0, 0.1) is 6.92 Å². The molecule has 5 nitrogen and oxygen atoms in total. The smallest absolute Gasteiger partial charge is 0.275 e. The van der Waals surface area contributed by atoms with Crippen LogP contribution in [0.25, 0.3) is 0 Å². The fraction of sp³-hybridized carbons (Fsp3) is 0.714. The summed E-state index contributed by atoms with van der Waals surface area (Å²) < 4.78 is 0.799. The van der Waals surface area contributed by atoms with E-state index in [4.69, 9.17) is 0 Å². The van der Waals surface area contributed by atoms with Gasteiger partial charge in [0.1, 0.15) is 0 Å². The summed E-state index contributed by atoms with van der Waals surface area (Å²) in [6.07, 6.45) is 4.65. The first-order valence-corrected chi connectivity index (χ1v) is 8.10. The molecule has 20 heavy (non-hydrogen) atoms. The number of likely N-dealkylation sites (tertiary alicyclic amines) is 2. The number of nitrogens with one attached hydrogen (secondary N) is 1. The van der Waals surface area contributed by atoms with E-state index < -0.39 is 0 Å². The molecule has 6 heteroatoms. The van der Waals surface area contributed by atoms with Gasteiger partial charge < -0.3 is 9.80 Å². The van der Waals surface area contributed by atoms with Crippen molar-refractivity contribution in [1.82, 2.24) is 20.0 Å². The summed E-state index contributed by atoms with van der Waals surface area (Å²) in [6, 6.07) is 0.860. The first-order chi connectivity index (χ1) is 9.59. The minimum Gasteiger partial charge on any atom is -0.333 e. The lowest BCUT2D eigenvalue weighted by atomic mass is 10.0. The van der Waals surface area contributed by atoms with Crippen LogP contribution in [-0.4, -0.2) is 58.1 Å². The normalized spacial score (nSPS) is 27.4. The van der Waals surface area contributed by atoms with Crippen LogP contribution in [0.15, 0.2) is 4.47 Å². The van der Waals surface area contributed by atoms with E-state index in [0.717, 1.165) is 36.1 Å². The van der Waals surface area contributed by atoms with Gasteiger partial charge >= 0.3 is 0 Å². The van der Waals surface area contributed by atoms with Gasteiger partial charge in [0.15, 0.2) is 5.69 Å². The Labute approximate surface area is 127 Å². The van der Waals surface area contributed by atoms with E-state index in [1.807, 2.05) is 11.8 Å². The number of carbonyl (C=O) groups is 1. The molecule has 1 amide bonds. The van der Waals surface area contributed by atoms with Crippen LogP contribution in [0.4, 0.5) is 0 Å². The van der Waals surface area contributed by atoms with E-state index in [1.165, 1.54) is 12.8 Å². The number of aromatic nitrogens is 2. The average Bonchev–Trinajstić information content (AvgIpc) is 3.11. The number of halogens is 1. The largest absolute Gasteiger partial charge is 0.333 e. The number of aryl methyl sites for hydroxylation is 1. The highest BCUT2D eigenvalue weighted by Crippen LogP contribution is 2.31. The van der Waals surface area contributed by atoms with Crippen LogP contribution in [0.2, 0.25) is 0 Å². The van der Waals surface area contributed by atoms with Crippen molar-refractivity contribution in [2.24, 2.45) is 0 Å². The SMILES string of the molecule is Cc1[nH]nc(C(=O)N2CCC[C@H]2[C@@H]2CCCN2C)c1Br. The van der Waals surface area contributed by atoms with Crippen molar-refractivity contribution in [2.75, 3.05) is 20.1 Å². The zero-order valence-electron chi connectivity index (χ0n) is 12.0. The zero-order valence-corrected chi connectivity index (χ0v) is 13.6. The molecule has 0 aliphatic carbocycles. The summed E-state index contributed by atoms with van der Waals surface area (Å²) in [6.45, 7) is 3.92. The highest BCUT2D eigenvalue weighted by atomic mass is 79.9. The first-order valence-electron chi connectivity index (χ1n) is 7.31. The molecule has 1 aromatic heterocycles. The highest BCUT2D eigenvalue weighted by Gasteiger charge is 2.39. The molecule has 0 aromatic carbocycles. The number of carbonyl (C=O) groups excluding carboxylic acids is 1. The van der Waals surface area contributed by atoms with Gasteiger partial charge in [-0.1, -0.05) is 0 Å². The molecule has 1 N–H and O–H groups in total. The van der Waals surface area contributed by atoms with Gasteiger partial charge in [-0.25, -0.2) is 0 Å². The van der Waals surface area contributed by atoms with E-state index in [0.29, 0.717) is 17.8 Å². The first kappa shape index (κ1) is 14.1. The van der Waals surface area contributed by atoms with Crippen LogP contribution >= 0.6 is 15.9 Å². The van der Waals surface area contributed by atoms with Crippen LogP contribution in [0.3, 0.4) is 0 Å². The van der Waals surface area contributed by atoms with Gasteiger partial charge in [-0.2, -0.15) is 5.10 Å². The summed E-state index contributed by atoms with van der Waals surface area (Å²) in [5, 5.41) is 7.04. The van der Waals surface area contributed by atoms with E-state index in [-0.39, 0.29) is 5.91 Å². The molecule has 2 aliphatic heterocycles. The van der Waals surface area contributed by atoms with E-state index >= 15 is 0 Å². The number of amides is 1. The minimum atomic E-state index is 0.0593. The monoisotopic (exact) mass is 340 g/mol. The number of hydrogen-bond donors (Lipinski definition) is 1. The third kappa shape index (κ3) is 2.29. The lowest BCUT2D eigenvalue weighted by Gasteiger charge is -2.32. The van der Waals surface area contributed by atoms with Gasteiger partial charge in [-0.3, -0.25) is 9.89 Å². The third-order valence-corrected chi connectivity index (χ3v) is 5.63. The Kier molecular flexibility index (Phi) is 3.86. The Morgan fingerprint density at radius 1 is 1.30 bits per heavy atom. The molecule has 2 saturated heterocycles. The average molecular weight is 341 g/mol. The van der Waals surface area contributed by atoms with Crippen molar-refractivity contribution in [3.63, 3.8) is 0 Å². The molecular weight excluding hydrogens is 320 g/mol. The maximum absolute atomic E-state index is 12.7. The topological polar surface area (TPSA) is 52.2 Å². The molecule has 2 fully saturated rings. The minimum absolute atomic E-state index is 0.0593. The molecule has 3 heterocycles. The van der Waals surface area contributed by atoms with Crippen LogP contribution in [0.1, 0.15) is 41.9 Å². The molecule has 0 saturated carbocycles. The second-order valence-electron chi connectivity index (χ2n) is 5.91. The van der Waals surface area contributed by atoms with Crippen molar-refractivity contribution >= 4 is 21.8 Å². The molecule has 2 atom stereocenters. The van der Waals surface area contributed by atoms with Gasteiger partial charge in [0.25, 0.3) is 5.91 Å². The van der Waals surface area contributed by atoms with Crippen molar-refractivity contribution in [2.45, 2.75) is 44.7 Å². The number of aromatic amines is 1. The van der Waals surface area contributed by atoms with Crippen molar-refractivity contribution in [3.8, 4) is 0 Å². The summed E-state index contributed by atoms with van der Waals surface area (Å²) in [4.78, 5) is 17.2. The number of rotatable bonds is 2. The number of nitrogens with zero attached hydrogens (tertiary/aromatic N) is 3. The van der Waals surface area contributed by atoms with E-state index in [1.54, 1.807) is 0 Å². The maximum Gasteiger partial charge on any atom is 0.275 e. The fourth-order valence-corrected chi connectivity index (χ4v) is 3.91. The maximum atomic E-state index is 12.7. The van der Waals surface area contributed by atoms with E-state index in [2.05, 4.69) is 38.1 Å². The molecule has 0 radical (unpaired) electrons. The second-order valence-corrected chi connectivity index (χ2v) is 6.70. The summed E-state index contributed by atoms with van der Waals surface area (Å²) >= 11 is 3.46. The lowest BCUT2D eigenvalue weighted by Crippen LogP contribution is -2.47. The van der Waals surface area contributed by atoms with Crippen LogP contribution in [-0.2, 0) is 0 Å². The molecular formula is C14H21BrN4O. The number of hydrogen-bond acceptors (Lipinski definition) is 3. The highest BCUT2D eigenvalue weighted by molar-refractivity contribution is 9.10. The Balaban J connectivity index is 1.81. The molecule has 0 unspecified atom stereocenters. The van der Waals surface area contributed by atoms with Crippen LogP contribution < -0.4 is 0 Å². The Morgan fingerprint density at radius 3 is 2.60 bits per heavy atom. The van der Waals surface area contributed by atoms with Gasteiger partial charge in [0, 0.05) is 24.3 Å². The second kappa shape index (κ2) is 5.48. The molecule has 3 rings (SSSR count). The number of likely N-dealkylation sites (N-methyl/N-ethyl adjacent to an activating group) is 1. The predicted molar refractivity (Wildman–Crippen MR) is 80.7 cm³/mol. The van der Waals surface area contributed by atoms with Gasteiger partial charge in [-0.05, 0) is 62.1 Å². The lowest BCUT2D eigenvalue weighted by molar-refractivity contribution is 0.0657. The van der Waals surface area contributed by atoms with Crippen molar-refractivity contribution in [1.29, 1.82) is 0 Å². The van der Waals surface area contributed by atoms with Crippen molar-refractivity contribution < 1.29 is 4.79 Å². The van der Waals surface area contributed by atoms with Gasteiger partial charge in [0.2, 0.25) is 0 Å². The van der Waals surface area contributed by atoms with E-state index in [9.17, 15) is 4.79 Å². The zero-order chi connectivity index (χ0) is 14.3. The molecule has 0 bridgehead atoms. The van der Waals surface area contributed by atoms with Gasteiger partial charge in [0.05, 0.1) is 4.47 Å². The molecule has 0 spiro atoms. The molecule has 1 aromatic rings. The standard InChI is InChI=1S/C14H21BrN4O/c1-9-12(15)13(17-16-9)14(20)19-8-4-6-11(19)10-5-3-7-18(10)2/h10-11H,3-8H2,1-2H3,(H,16,17)/t10-,11-/m0/s1. The predicted octanol–water partition coefficient (Wildman–Crippen LogP) is 2.18. The summed E-state index contributed by atoms with van der Waals surface area (Å²) in [7, 11) is 2.17. The van der Waals surface area contributed by atoms with Crippen LogP contribution in [0.5, 0.6) is 0 Å². The summed E-state index contributed by atoms with van der Waals surface area (Å²) in [5.74, 6) is 0.0593. The molecule has 110 valence electrons. The third-order valence-electron chi connectivity index (χ3n) is 4.66. The quantitative estimate of drug-likeness (QED) is 0.897.